The summed E-state index contributed by atoms with van der Waals surface area (Å²) in [5.74, 6) is 0.803. The fourth-order valence-corrected chi connectivity index (χ4v) is 5.14. The van der Waals surface area contributed by atoms with Gasteiger partial charge in [-0.1, -0.05) is 141 Å². The Labute approximate surface area is 256 Å². The first-order chi connectivity index (χ1) is 19.6. The molecular weight excluding hydrogens is 512 g/mol. The van der Waals surface area contributed by atoms with Crippen molar-refractivity contribution in [2.75, 3.05) is 0 Å². The van der Waals surface area contributed by atoms with Crippen molar-refractivity contribution < 1.29 is 9.59 Å². The average molecular weight is 565 g/mol. The van der Waals surface area contributed by atoms with Crippen molar-refractivity contribution in [3.05, 3.63) is 130 Å². The van der Waals surface area contributed by atoms with Crippen LogP contribution in [-0.4, -0.2) is 11.6 Å². The Morgan fingerprint density at radius 2 is 1.21 bits per heavy atom. The van der Waals surface area contributed by atoms with E-state index in [4.69, 9.17) is 0 Å². The number of hydrogen-bond acceptors (Lipinski definition) is 2. The molecule has 1 unspecified atom stereocenters. The quantitative estimate of drug-likeness (QED) is 0.247. The van der Waals surface area contributed by atoms with E-state index in [9.17, 15) is 9.59 Å². The molecule has 2 rings (SSSR count). The smallest absolute Gasteiger partial charge is 0.158 e. The lowest BCUT2D eigenvalue weighted by Gasteiger charge is -2.34. The van der Waals surface area contributed by atoms with Crippen molar-refractivity contribution in [1.82, 2.24) is 0 Å². The first-order valence-electron chi connectivity index (χ1n) is 15.2. The van der Waals surface area contributed by atoms with Gasteiger partial charge in [0.25, 0.3) is 0 Å². The number of ketones is 2. The Balaban J connectivity index is 1.91. The van der Waals surface area contributed by atoms with Crippen molar-refractivity contribution in [3.8, 4) is 0 Å². The lowest BCUT2D eigenvalue weighted by atomic mass is 9.70. The van der Waals surface area contributed by atoms with Crippen LogP contribution in [0.15, 0.2) is 130 Å². The summed E-state index contributed by atoms with van der Waals surface area (Å²) in [7, 11) is 0. The van der Waals surface area contributed by atoms with Gasteiger partial charge in [0, 0.05) is 18.8 Å². The van der Waals surface area contributed by atoms with Gasteiger partial charge in [0.2, 0.25) is 0 Å². The molecule has 0 spiro atoms. The van der Waals surface area contributed by atoms with E-state index in [1.807, 2.05) is 13.8 Å². The molecule has 2 aliphatic rings. The van der Waals surface area contributed by atoms with Gasteiger partial charge in [-0.25, -0.2) is 0 Å². The summed E-state index contributed by atoms with van der Waals surface area (Å²) in [6.45, 7) is 21.0. The molecule has 0 aromatic carbocycles. The Kier molecular flexibility index (Phi) is 12.9. The van der Waals surface area contributed by atoms with Crippen LogP contribution in [0.5, 0.6) is 0 Å². The van der Waals surface area contributed by atoms with E-state index >= 15 is 0 Å². The van der Waals surface area contributed by atoms with Gasteiger partial charge < -0.3 is 0 Å². The average Bonchev–Trinajstić information content (AvgIpc) is 2.90. The highest BCUT2D eigenvalue weighted by Crippen LogP contribution is 2.40. The van der Waals surface area contributed by atoms with Crippen molar-refractivity contribution in [3.63, 3.8) is 0 Å². The molecule has 0 amide bonds. The van der Waals surface area contributed by atoms with Gasteiger partial charge >= 0.3 is 0 Å². The summed E-state index contributed by atoms with van der Waals surface area (Å²) < 4.78 is 0. The molecule has 224 valence electrons. The molecule has 0 saturated carbocycles. The van der Waals surface area contributed by atoms with Gasteiger partial charge in [-0.15, -0.1) is 0 Å². The first-order valence-corrected chi connectivity index (χ1v) is 15.2. The predicted octanol–water partition coefficient (Wildman–Crippen LogP) is 10.8. The lowest BCUT2D eigenvalue weighted by Crippen LogP contribution is -2.29. The van der Waals surface area contributed by atoms with E-state index in [2.05, 4.69) is 147 Å². The normalized spacial score (nSPS) is 23.1. The molecule has 0 aliphatic heterocycles. The maximum atomic E-state index is 12.2. The van der Waals surface area contributed by atoms with Crippen molar-refractivity contribution >= 4 is 11.6 Å². The van der Waals surface area contributed by atoms with Crippen LogP contribution in [0.1, 0.15) is 88.5 Å². The molecule has 0 N–H and O–H groups in total. The van der Waals surface area contributed by atoms with E-state index in [-0.39, 0.29) is 28.3 Å². The highest BCUT2D eigenvalue weighted by Gasteiger charge is 2.33. The summed E-state index contributed by atoms with van der Waals surface area (Å²) in [5.41, 5.74) is 7.60. The lowest BCUT2D eigenvalue weighted by molar-refractivity contribution is -0.118. The topological polar surface area (TPSA) is 34.1 Å². The van der Waals surface area contributed by atoms with Crippen LogP contribution in [0, 0.1) is 16.7 Å². The van der Waals surface area contributed by atoms with Crippen molar-refractivity contribution in [2.45, 2.75) is 88.5 Å². The largest absolute Gasteiger partial charge is 0.295 e. The van der Waals surface area contributed by atoms with E-state index in [1.54, 1.807) is 0 Å². The molecule has 0 aromatic heterocycles. The van der Waals surface area contributed by atoms with Gasteiger partial charge in [-0.2, -0.15) is 0 Å². The van der Waals surface area contributed by atoms with Gasteiger partial charge in [-0.05, 0) is 75.5 Å². The fraction of sp³-hybridized carbons (Fsp3) is 0.400. The monoisotopic (exact) mass is 564 g/mol. The summed E-state index contributed by atoms with van der Waals surface area (Å²) in [6.07, 6.45) is 33.7. The highest BCUT2D eigenvalue weighted by atomic mass is 16.1. The fourth-order valence-electron chi connectivity index (χ4n) is 5.14. The number of Topliss-reactive ketones (excluding diaryl/α,β-unsaturated/α-hetero) is 2. The summed E-state index contributed by atoms with van der Waals surface area (Å²) >= 11 is 0. The molecule has 0 fully saturated rings. The van der Waals surface area contributed by atoms with Gasteiger partial charge in [0.1, 0.15) is 0 Å². The molecule has 2 nitrogen and oxygen atoms in total. The van der Waals surface area contributed by atoms with Crippen LogP contribution in [0.2, 0.25) is 0 Å². The number of allylic oxidation sites excluding steroid dienone is 22. The van der Waals surface area contributed by atoms with Gasteiger partial charge in [0.05, 0.1) is 0 Å². The zero-order chi connectivity index (χ0) is 31.5. The minimum atomic E-state index is -0.0443. The number of rotatable bonds is 10. The van der Waals surface area contributed by atoms with Crippen LogP contribution < -0.4 is 0 Å². The highest BCUT2D eigenvalue weighted by molar-refractivity contribution is 5.97. The maximum Gasteiger partial charge on any atom is 0.158 e. The SMILES string of the molecule is CC1=CC(/C=C/C(C)=C\C=C/C(C)=C/C=C/C=C(C)/C=C\C=C(C)/C=C/C2=C(C)C(=O)CCC2(C)C)C(C)(C)CC1=O. The number of carbonyl (C=O) groups excluding carboxylic acids is 2. The second kappa shape index (κ2) is 15.6. The van der Waals surface area contributed by atoms with Crippen LogP contribution in [-0.2, 0) is 9.59 Å². The third kappa shape index (κ3) is 11.0. The maximum absolute atomic E-state index is 12.2. The second-order valence-electron chi connectivity index (χ2n) is 13.2. The Bertz CT molecular complexity index is 1360. The molecule has 42 heavy (non-hydrogen) atoms. The zero-order valence-corrected chi connectivity index (χ0v) is 27.7. The minimum absolute atomic E-state index is 0.0411. The van der Waals surface area contributed by atoms with Crippen LogP contribution in [0.3, 0.4) is 0 Å². The Morgan fingerprint density at radius 1 is 0.714 bits per heavy atom. The molecule has 2 aliphatic carbocycles. The number of carbonyl (C=O) groups is 2. The minimum Gasteiger partial charge on any atom is -0.295 e. The third-order valence-corrected chi connectivity index (χ3v) is 8.26. The third-order valence-electron chi connectivity index (χ3n) is 8.26. The zero-order valence-electron chi connectivity index (χ0n) is 27.7. The Morgan fingerprint density at radius 3 is 1.79 bits per heavy atom. The van der Waals surface area contributed by atoms with Crippen LogP contribution >= 0.6 is 0 Å². The molecule has 0 heterocycles. The standard InChI is InChI=1S/C40H52O2/c1-29(17-13-19-31(3)21-23-35-27-33(5)38(42)28-40(35,9)10)15-11-12-16-30(2)18-14-20-32(4)22-24-36-34(6)37(41)25-26-39(36,7)8/h11-24,27,35H,25-26,28H2,1-10H3/b12-11+,17-13-,18-14-,23-21+,24-22+,29-15+,30-16+,31-19-,32-20-. The molecule has 2 heteroatoms. The van der Waals surface area contributed by atoms with E-state index in [1.165, 1.54) is 16.7 Å². The summed E-state index contributed by atoms with van der Waals surface area (Å²) in [6, 6.07) is 0. The van der Waals surface area contributed by atoms with Gasteiger partial charge in [-0.3, -0.25) is 9.59 Å². The molecule has 0 bridgehead atoms. The summed E-state index contributed by atoms with van der Waals surface area (Å²) in [4.78, 5) is 24.2. The van der Waals surface area contributed by atoms with Crippen LogP contribution in [0.25, 0.3) is 0 Å². The molecule has 0 radical (unpaired) electrons. The number of hydrogen-bond donors (Lipinski definition) is 0. The van der Waals surface area contributed by atoms with Crippen molar-refractivity contribution in [1.29, 1.82) is 0 Å². The Hall–Kier alpha value is -3.52. The molecule has 0 saturated heterocycles. The van der Waals surface area contributed by atoms with Gasteiger partial charge in [0.15, 0.2) is 11.6 Å². The van der Waals surface area contributed by atoms with E-state index in [0.717, 1.165) is 28.7 Å². The molecule has 0 aromatic rings. The molecular formula is C40H52O2. The predicted molar refractivity (Wildman–Crippen MR) is 182 cm³/mol. The van der Waals surface area contributed by atoms with Crippen LogP contribution in [0.4, 0.5) is 0 Å². The van der Waals surface area contributed by atoms with E-state index < -0.39 is 0 Å². The summed E-state index contributed by atoms with van der Waals surface area (Å²) in [5, 5.41) is 0. The molecule has 1 atom stereocenters. The van der Waals surface area contributed by atoms with Crippen molar-refractivity contribution in [2.24, 2.45) is 16.7 Å². The second-order valence-corrected chi connectivity index (χ2v) is 13.2. The van der Waals surface area contributed by atoms with E-state index in [0.29, 0.717) is 12.8 Å². The first kappa shape index (κ1) is 34.7.